The summed E-state index contributed by atoms with van der Waals surface area (Å²) in [5.74, 6) is 5.39. The summed E-state index contributed by atoms with van der Waals surface area (Å²) < 4.78 is 30.1. The van der Waals surface area contributed by atoms with Gasteiger partial charge in [0.1, 0.15) is 11.6 Å². The highest BCUT2D eigenvalue weighted by atomic mass is 19.1. The molecule has 0 bridgehead atoms. The first-order valence-corrected chi connectivity index (χ1v) is 4.95. The van der Waals surface area contributed by atoms with E-state index in [1.807, 2.05) is 0 Å². The zero-order valence-corrected chi connectivity index (χ0v) is 8.80. The van der Waals surface area contributed by atoms with Gasteiger partial charge in [-0.1, -0.05) is 11.8 Å². The smallest absolute Gasteiger partial charge is 0.135 e. The van der Waals surface area contributed by atoms with Gasteiger partial charge in [0.15, 0.2) is 0 Å². The van der Waals surface area contributed by atoms with Gasteiger partial charge in [-0.05, 0) is 18.2 Å². The predicted molar refractivity (Wildman–Crippen MR) is 58.4 cm³/mol. The van der Waals surface area contributed by atoms with Crippen molar-refractivity contribution in [2.45, 2.75) is 6.42 Å². The van der Waals surface area contributed by atoms with Crippen molar-refractivity contribution in [3.63, 3.8) is 0 Å². The maximum Gasteiger partial charge on any atom is 0.135 e. The Morgan fingerprint density at radius 2 is 2.19 bits per heavy atom. The van der Waals surface area contributed by atoms with E-state index in [1.165, 1.54) is 18.2 Å². The van der Waals surface area contributed by atoms with Gasteiger partial charge in [-0.25, -0.2) is 4.39 Å². The minimum absolute atomic E-state index is 0.195. The van der Waals surface area contributed by atoms with E-state index in [0.717, 1.165) is 0 Å². The summed E-state index contributed by atoms with van der Waals surface area (Å²) >= 11 is 0. The van der Waals surface area contributed by atoms with Crippen LogP contribution in [0, 0.1) is 17.7 Å². The fourth-order valence-electron chi connectivity index (χ4n) is 1.11. The van der Waals surface area contributed by atoms with Crippen LogP contribution in [0.5, 0.6) is 5.75 Å². The maximum absolute atomic E-state index is 12.9. The lowest BCUT2D eigenvalue weighted by Crippen LogP contribution is -2.00. The zero-order valence-electron chi connectivity index (χ0n) is 8.80. The second-order valence-electron chi connectivity index (χ2n) is 3.04. The number of benzene rings is 1. The van der Waals surface area contributed by atoms with Crippen molar-refractivity contribution in [1.82, 2.24) is 0 Å². The fourth-order valence-corrected chi connectivity index (χ4v) is 1.11. The highest BCUT2D eigenvalue weighted by Gasteiger charge is 2.02. The van der Waals surface area contributed by atoms with E-state index in [-0.39, 0.29) is 19.0 Å². The highest BCUT2D eigenvalue weighted by Crippen LogP contribution is 2.18. The van der Waals surface area contributed by atoms with Crippen LogP contribution in [0.2, 0.25) is 0 Å². The molecule has 1 aromatic rings. The van der Waals surface area contributed by atoms with Crippen LogP contribution < -0.4 is 10.5 Å². The van der Waals surface area contributed by atoms with Crippen molar-refractivity contribution in [1.29, 1.82) is 0 Å². The molecule has 0 spiro atoms. The summed E-state index contributed by atoms with van der Waals surface area (Å²) in [7, 11) is 0. The lowest BCUT2D eigenvalue weighted by molar-refractivity contribution is 0.288. The van der Waals surface area contributed by atoms with Gasteiger partial charge in [-0.3, -0.25) is 4.39 Å². The number of nitrogens with two attached hydrogens (primary N) is 1. The molecule has 0 amide bonds. The van der Waals surface area contributed by atoms with Crippen LogP contribution in [0.15, 0.2) is 18.2 Å². The van der Waals surface area contributed by atoms with E-state index >= 15 is 0 Å². The lowest BCUT2D eigenvalue weighted by Gasteiger charge is -2.06. The van der Waals surface area contributed by atoms with Crippen molar-refractivity contribution in [2.75, 3.05) is 19.8 Å². The largest absolute Gasteiger partial charge is 0.492 e. The summed E-state index contributed by atoms with van der Waals surface area (Å²) in [4.78, 5) is 0. The maximum atomic E-state index is 12.9. The Morgan fingerprint density at radius 3 is 2.88 bits per heavy atom. The van der Waals surface area contributed by atoms with E-state index in [0.29, 0.717) is 17.7 Å². The molecule has 2 N–H and O–H groups in total. The molecule has 0 aliphatic carbocycles. The van der Waals surface area contributed by atoms with Crippen LogP contribution in [-0.4, -0.2) is 19.8 Å². The topological polar surface area (TPSA) is 35.2 Å². The van der Waals surface area contributed by atoms with Gasteiger partial charge in [0.25, 0.3) is 0 Å². The molecule has 86 valence electrons. The van der Waals surface area contributed by atoms with E-state index in [1.54, 1.807) is 0 Å². The van der Waals surface area contributed by atoms with Gasteiger partial charge in [0, 0.05) is 6.42 Å². The van der Waals surface area contributed by atoms with E-state index in [2.05, 4.69) is 11.8 Å². The third-order valence-corrected chi connectivity index (χ3v) is 1.80. The van der Waals surface area contributed by atoms with Gasteiger partial charge in [-0.15, -0.1) is 0 Å². The average molecular weight is 225 g/mol. The molecule has 0 unspecified atom stereocenters. The molecule has 0 fully saturated rings. The third-order valence-electron chi connectivity index (χ3n) is 1.80. The molecule has 1 rings (SSSR count). The Bertz CT molecular complexity index is 396. The van der Waals surface area contributed by atoms with Gasteiger partial charge < -0.3 is 10.5 Å². The van der Waals surface area contributed by atoms with Crippen LogP contribution >= 0.6 is 0 Å². The molecule has 0 heterocycles. The van der Waals surface area contributed by atoms with Gasteiger partial charge in [0.05, 0.1) is 25.4 Å². The number of halogens is 2. The Morgan fingerprint density at radius 1 is 1.38 bits per heavy atom. The van der Waals surface area contributed by atoms with Gasteiger partial charge >= 0.3 is 0 Å². The number of rotatable bonds is 4. The molecule has 4 heteroatoms. The first kappa shape index (κ1) is 12.5. The quantitative estimate of drug-likeness (QED) is 0.627. The van der Waals surface area contributed by atoms with Crippen LogP contribution in [0.4, 0.5) is 8.78 Å². The SMILES string of the molecule is NCC#Cc1cc(F)ccc1OCCCF. The fraction of sp³-hybridized carbons (Fsp3) is 0.333. The Hall–Kier alpha value is -1.60. The third kappa shape index (κ3) is 3.87. The number of ether oxygens (including phenoxy) is 1. The zero-order chi connectivity index (χ0) is 11.8. The number of alkyl halides is 1. The second kappa shape index (κ2) is 6.81. The summed E-state index contributed by atoms with van der Waals surface area (Å²) in [6, 6.07) is 4.03. The minimum Gasteiger partial charge on any atom is -0.492 e. The molecule has 1 aromatic carbocycles. The molecule has 2 nitrogen and oxygen atoms in total. The molecule has 16 heavy (non-hydrogen) atoms. The lowest BCUT2D eigenvalue weighted by atomic mass is 10.2. The Kier molecular flexibility index (Phi) is 5.30. The molecular weight excluding hydrogens is 212 g/mol. The summed E-state index contributed by atoms with van der Waals surface area (Å²) in [6.45, 7) is 0.00484. The average Bonchev–Trinajstić information content (AvgIpc) is 2.29. The second-order valence-corrected chi connectivity index (χ2v) is 3.04. The van der Waals surface area contributed by atoms with Crippen LogP contribution in [-0.2, 0) is 0 Å². The number of hydrogen-bond donors (Lipinski definition) is 1. The van der Waals surface area contributed by atoms with Gasteiger partial charge in [0.2, 0.25) is 0 Å². The normalized spacial score (nSPS) is 9.44. The van der Waals surface area contributed by atoms with E-state index in [9.17, 15) is 8.78 Å². The van der Waals surface area contributed by atoms with Crippen molar-refractivity contribution >= 4 is 0 Å². The van der Waals surface area contributed by atoms with E-state index in [4.69, 9.17) is 10.5 Å². The molecule has 0 saturated carbocycles. The molecule has 0 saturated heterocycles. The summed E-state index contributed by atoms with van der Waals surface area (Å²) in [6.07, 6.45) is 0.307. The van der Waals surface area contributed by atoms with Crippen molar-refractivity contribution in [3.05, 3.63) is 29.6 Å². The predicted octanol–water partition coefficient (Wildman–Crippen LogP) is 1.87. The Labute approximate surface area is 93.4 Å². The van der Waals surface area contributed by atoms with Gasteiger partial charge in [-0.2, -0.15) is 0 Å². The van der Waals surface area contributed by atoms with Crippen molar-refractivity contribution in [3.8, 4) is 17.6 Å². The van der Waals surface area contributed by atoms with E-state index < -0.39 is 6.67 Å². The van der Waals surface area contributed by atoms with Crippen LogP contribution in [0.25, 0.3) is 0 Å². The van der Waals surface area contributed by atoms with Crippen LogP contribution in [0.1, 0.15) is 12.0 Å². The van der Waals surface area contributed by atoms with Crippen LogP contribution in [0.3, 0.4) is 0 Å². The summed E-state index contributed by atoms with van der Waals surface area (Å²) in [5, 5.41) is 0. The molecule has 0 aliphatic heterocycles. The molecular formula is C12H13F2NO. The molecule has 0 radical (unpaired) electrons. The Balaban J connectivity index is 2.80. The molecule has 0 aromatic heterocycles. The number of hydrogen-bond acceptors (Lipinski definition) is 2. The first-order chi connectivity index (χ1) is 7.77. The molecule has 0 aliphatic rings. The monoisotopic (exact) mass is 225 g/mol. The first-order valence-electron chi connectivity index (χ1n) is 4.95. The van der Waals surface area contributed by atoms with Crippen molar-refractivity contribution in [2.24, 2.45) is 5.73 Å². The van der Waals surface area contributed by atoms with Crippen molar-refractivity contribution < 1.29 is 13.5 Å². The standard InChI is InChI=1S/C12H13F2NO/c13-6-2-8-16-12-5-4-11(14)9-10(12)3-1-7-15/h4-5,9H,2,6-8,15H2. The summed E-state index contributed by atoms with van der Waals surface area (Å²) in [5.41, 5.74) is 5.66. The minimum atomic E-state index is -0.439. The molecule has 0 atom stereocenters. The highest BCUT2D eigenvalue weighted by molar-refractivity contribution is 5.46.